The molecule has 3 N–H and O–H groups in total. The molecular weight excluding hydrogens is 337 g/mol. The van der Waals surface area contributed by atoms with Crippen LogP contribution in [0.25, 0.3) is 0 Å². The van der Waals surface area contributed by atoms with Crippen LogP contribution in [0.1, 0.15) is 18.4 Å². The maximum atomic E-state index is 11.9. The van der Waals surface area contributed by atoms with Crippen LogP contribution in [0, 0.1) is 0 Å². The van der Waals surface area contributed by atoms with Crippen molar-refractivity contribution in [3.8, 4) is 0 Å². The molecule has 0 spiro atoms. The van der Waals surface area contributed by atoms with Gasteiger partial charge < -0.3 is 15.8 Å². The highest BCUT2D eigenvalue weighted by Gasteiger charge is 2.45. The SMILES string of the molecule is Cl.Cl.NC1(C(=O)Nc2ccc(CCN3CCOCC3)cc2)CC1. The number of anilines is 1. The Morgan fingerprint density at radius 1 is 1.17 bits per heavy atom. The molecule has 3 rings (SSSR count). The van der Waals surface area contributed by atoms with Crippen molar-refractivity contribution in [1.82, 2.24) is 4.90 Å². The molecule has 1 aromatic carbocycles. The van der Waals surface area contributed by atoms with E-state index < -0.39 is 5.54 Å². The van der Waals surface area contributed by atoms with E-state index in [9.17, 15) is 4.79 Å². The molecule has 1 saturated carbocycles. The second-order valence-electron chi connectivity index (χ2n) is 6.01. The van der Waals surface area contributed by atoms with Gasteiger partial charge in [-0.1, -0.05) is 12.1 Å². The lowest BCUT2D eigenvalue weighted by molar-refractivity contribution is -0.118. The number of nitrogens with one attached hydrogen (secondary N) is 1. The zero-order chi connectivity index (χ0) is 14.7. The number of hydrogen-bond donors (Lipinski definition) is 2. The summed E-state index contributed by atoms with van der Waals surface area (Å²) in [6.45, 7) is 4.78. The van der Waals surface area contributed by atoms with Gasteiger partial charge in [-0.2, -0.15) is 0 Å². The van der Waals surface area contributed by atoms with E-state index in [1.807, 2.05) is 12.1 Å². The van der Waals surface area contributed by atoms with E-state index in [-0.39, 0.29) is 30.7 Å². The Kier molecular flexibility index (Phi) is 7.77. The minimum absolute atomic E-state index is 0. The first kappa shape index (κ1) is 20.2. The van der Waals surface area contributed by atoms with Gasteiger partial charge in [-0.25, -0.2) is 0 Å². The van der Waals surface area contributed by atoms with Crippen molar-refractivity contribution >= 4 is 36.4 Å². The molecular formula is C16H25Cl2N3O2. The van der Waals surface area contributed by atoms with Gasteiger partial charge in [-0.05, 0) is 37.0 Å². The second-order valence-corrected chi connectivity index (χ2v) is 6.01. The van der Waals surface area contributed by atoms with E-state index in [1.165, 1.54) is 5.56 Å². The van der Waals surface area contributed by atoms with Gasteiger partial charge in [0, 0.05) is 25.3 Å². The third kappa shape index (κ3) is 5.62. The first-order chi connectivity index (χ1) is 10.2. The zero-order valence-corrected chi connectivity index (χ0v) is 14.8. The number of nitrogens with zero attached hydrogens (tertiary/aromatic N) is 1. The number of morpholine rings is 1. The molecule has 5 nitrogen and oxygen atoms in total. The van der Waals surface area contributed by atoms with Gasteiger partial charge in [0.1, 0.15) is 0 Å². The van der Waals surface area contributed by atoms with E-state index in [4.69, 9.17) is 10.5 Å². The van der Waals surface area contributed by atoms with E-state index in [1.54, 1.807) is 0 Å². The first-order valence-corrected chi connectivity index (χ1v) is 7.65. The maximum absolute atomic E-state index is 11.9. The number of hydrogen-bond acceptors (Lipinski definition) is 4. The molecule has 23 heavy (non-hydrogen) atoms. The minimum atomic E-state index is -0.616. The third-order valence-corrected chi connectivity index (χ3v) is 4.27. The Hall–Kier alpha value is -0.850. The number of halogens is 2. The third-order valence-electron chi connectivity index (χ3n) is 4.27. The van der Waals surface area contributed by atoms with Crippen molar-refractivity contribution in [2.75, 3.05) is 38.2 Å². The molecule has 0 radical (unpaired) electrons. The molecule has 0 atom stereocenters. The number of ether oxygens (including phenoxy) is 1. The number of amides is 1. The highest BCUT2D eigenvalue weighted by Crippen LogP contribution is 2.33. The topological polar surface area (TPSA) is 67.6 Å². The van der Waals surface area contributed by atoms with Crippen LogP contribution in [0.2, 0.25) is 0 Å². The summed E-state index contributed by atoms with van der Waals surface area (Å²) in [6, 6.07) is 8.06. The number of rotatable bonds is 5. The zero-order valence-electron chi connectivity index (χ0n) is 13.1. The van der Waals surface area contributed by atoms with Crippen molar-refractivity contribution < 1.29 is 9.53 Å². The standard InChI is InChI=1S/C16H23N3O2.2ClH/c17-16(6-7-16)15(20)18-14-3-1-13(2-4-14)5-8-19-9-11-21-12-10-19;;/h1-4H,5-12,17H2,(H,18,20);2*1H. The van der Waals surface area contributed by atoms with Crippen molar-refractivity contribution in [2.24, 2.45) is 5.73 Å². The van der Waals surface area contributed by atoms with Crippen LogP contribution in [0.3, 0.4) is 0 Å². The molecule has 0 unspecified atom stereocenters. The van der Waals surface area contributed by atoms with Crippen LogP contribution in [0.4, 0.5) is 5.69 Å². The largest absolute Gasteiger partial charge is 0.379 e. The number of benzene rings is 1. The normalized spacial score (nSPS) is 19.2. The molecule has 1 amide bonds. The Balaban J connectivity index is 0.00000132. The summed E-state index contributed by atoms with van der Waals surface area (Å²) in [5, 5.41) is 2.89. The van der Waals surface area contributed by atoms with E-state index in [0.717, 1.165) is 57.8 Å². The molecule has 130 valence electrons. The Morgan fingerprint density at radius 3 is 2.35 bits per heavy atom. The molecule has 2 aliphatic rings. The van der Waals surface area contributed by atoms with Gasteiger partial charge in [0.05, 0.1) is 18.8 Å². The second kappa shape index (κ2) is 8.85. The van der Waals surface area contributed by atoms with Crippen LogP contribution in [-0.2, 0) is 16.0 Å². The van der Waals surface area contributed by atoms with E-state index >= 15 is 0 Å². The van der Waals surface area contributed by atoms with Crippen LogP contribution in [0.15, 0.2) is 24.3 Å². The lowest BCUT2D eigenvalue weighted by Crippen LogP contribution is -2.37. The molecule has 1 heterocycles. The number of nitrogens with two attached hydrogens (primary N) is 1. The molecule has 1 saturated heterocycles. The lowest BCUT2D eigenvalue weighted by Gasteiger charge is -2.26. The van der Waals surface area contributed by atoms with Gasteiger partial charge in [-0.3, -0.25) is 9.69 Å². The smallest absolute Gasteiger partial charge is 0.244 e. The molecule has 1 aromatic rings. The van der Waals surface area contributed by atoms with Crippen LogP contribution in [0.5, 0.6) is 0 Å². The summed E-state index contributed by atoms with van der Waals surface area (Å²) >= 11 is 0. The fraction of sp³-hybridized carbons (Fsp3) is 0.562. The Morgan fingerprint density at radius 2 is 1.78 bits per heavy atom. The number of carbonyl (C=O) groups excluding carboxylic acids is 1. The lowest BCUT2D eigenvalue weighted by atomic mass is 10.1. The van der Waals surface area contributed by atoms with Gasteiger partial charge in [-0.15, -0.1) is 24.8 Å². The number of carbonyl (C=O) groups is 1. The average Bonchev–Trinajstić information content (AvgIpc) is 3.27. The van der Waals surface area contributed by atoms with Crippen molar-refractivity contribution in [3.63, 3.8) is 0 Å². The van der Waals surface area contributed by atoms with Gasteiger partial charge >= 0.3 is 0 Å². The summed E-state index contributed by atoms with van der Waals surface area (Å²) in [5.74, 6) is -0.0661. The fourth-order valence-electron chi connectivity index (χ4n) is 2.48. The fourth-order valence-corrected chi connectivity index (χ4v) is 2.48. The molecule has 7 heteroatoms. The molecule has 0 aromatic heterocycles. The Bertz CT molecular complexity index is 501. The molecule has 1 aliphatic heterocycles. The summed E-state index contributed by atoms with van der Waals surface area (Å²) in [7, 11) is 0. The predicted molar refractivity (Wildman–Crippen MR) is 96.7 cm³/mol. The van der Waals surface area contributed by atoms with Crippen LogP contribution < -0.4 is 11.1 Å². The highest BCUT2D eigenvalue weighted by molar-refractivity contribution is 6.00. The van der Waals surface area contributed by atoms with Gasteiger partial charge in [0.25, 0.3) is 0 Å². The van der Waals surface area contributed by atoms with E-state index in [0.29, 0.717) is 0 Å². The molecule has 0 bridgehead atoms. The van der Waals surface area contributed by atoms with Crippen LogP contribution in [-0.4, -0.2) is 49.2 Å². The molecule has 1 aliphatic carbocycles. The van der Waals surface area contributed by atoms with Crippen molar-refractivity contribution in [2.45, 2.75) is 24.8 Å². The highest BCUT2D eigenvalue weighted by atomic mass is 35.5. The summed E-state index contributed by atoms with van der Waals surface area (Å²) in [5.41, 5.74) is 7.37. The maximum Gasteiger partial charge on any atom is 0.244 e. The van der Waals surface area contributed by atoms with E-state index in [2.05, 4.69) is 22.3 Å². The summed E-state index contributed by atoms with van der Waals surface area (Å²) in [6.07, 6.45) is 2.60. The Labute approximate surface area is 149 Å². The molecule has 2 fully saturated rings. The van der Waals surface area contributed by atoms with Crippen molar-refractivity contribution in [1.29, 1.82) is 0 Å². The monoisotopic (exact) mass is 361 g/mol. The van der Waals surface area contributed by atoms with Crippen molar-refractivity contribution in [3.05, 3.63) is 29.8 Å². The minimum Gasteiger partial charge on any atom is -0.379 e. The first-order valence-electron chi connectivity index (χ1n) is 7.65. The average molecular weight is 362 g/mol. The summed E-state index contributed by atoms with van der Waals surface area (Å²) in [4.78, 5) is 14.3. The van der Waals surface area contributed by atoms with Gasteiger partial charge in [0.2, 0.25) is 5.91 Å². The summed E-state index contributed by atoms with van der Waals surface area (Å²) < 4.78 is 5.34. The quantitative estimate of drug-likeness (QED) is 0.839. The predicted octanol–water partition coefficient (Wildman–Crippen LogP) is 1.83. The van der Waals surface area contributed by atoms with Crippen LogP contribution >= 0.6 is 24.8 Å². The van der Waals surface area contributed by atoms with Gasteiger partial charge in [0.15, 0.2) is 0 Å².